The number of rotatable bonds is 4. The molecule has 49 heavy (non-hydrogen) atoms. The number of primary amides is 1. The molecule has 6 amide bonds. The molecule has 1 aromatic heterocycles. The predicted octanol–water partition coefficient (Wildman–Crippen LogP) is 5.18. The van der Waals surface area contributed by atoms with Gasteiger partial charge in [0.15, 0.2) is 5.82 Å². The van der Waals surface area contributed by atoms with Crippen molar-refractivity contribution in [2.24, 2.45) is 29.4 Å². The molecule has 11 nitrogen and oxygen atoms in total. The fourth-order valence-electron chi connectivity index (χ4n) is 8.08. The van der Waals surface area contributed by atoms with E-state index in [-0.39, 0.29) is 24.2 Å². The van der Waals surface area contributed by atoms with Crippen LogP contribution in [0, 0.1) is 23.7 Å². The second kappa shape index (κ2) is 11.3. The summed E-state index contributed by atoms with van der Waals surface area (Å²) in [5.74, 6) is -9.24. The number of hydrogen-bond donors (Lipinski definition) is 3. The minimum atomic E-state index is -4.77. The van der Waals surface area contributed by atoms with Crippen molar-refractivity contribution >= 4 is 58.7 Å². The van der Waals surface area contributed by atoms with Crippen molar-refractivity contribution in [3.8, 4) is 5.75 Å². The molecule has 2 saturated heterocycles. The number of fused-ring (bicyclic) bond motifs is 4. The molecule has 2 aliphatic carbocycles. The van der Waals surface area contributed by atoms with Crippen molar-refractivity contribution < 1.29 is 42.3 Å². The number of hydrazine groups is 1. The summed E-state index contributed by atoms with van der Waals surface area (Å²) in [5, 5.41) is 11.7. The number of imide groups is 4. The fourth-order valence-corrected chi connectivity index (χ4v) is 8.41. The van der Waals surface area contributed by atoms with E-state index in [9.17, 15) is 37.5 Å². The van der Waals surface area contributed by atoms with E-state index in [1.54, 1.807) is 36.4 Å². The van der Waals surface area contributed by atoms with Gasteiger partial charge in [0, 0.05) is 22.7 Å². The van der Waals surface area contributed by atoms with Gasteiger partial charge in [0.05, 0.1) is 33.8 Å². The number of nitrogens with two attached hydrogens (primary N) is 1. The number of pyridine rings is 1. The number of urea groups is 1. The van der Waals surface area contributed by atoms with Crippen LogP contribution in [0.25, 0.3) is 0 Å². The standard InChI is InChI=1S/C33H24Cl2F3N5O6/c34-16-7-5-14(6-8-16)32-21(28(46)43(30(32)48)41-26-22(35)11-15(13-40-26)33(36,37)38)12-20-17(25(32)18-3-1-2-4-23(18)44)9-10-19-24(20)29(47)42(27(19)45)31(39)49/h1-9,11,13,19-21,24-25,44H,10,12H2,(H2,39,49)(H,40,41)/t19-,20+,21-,24-,25+,32+/m0/s1. The van der Waals surface area contributed by atoms with Crippen LogP contribution in [0.3, 0.4) is 0 Å². The average Bonchev–Trinajstić information content (AvgIpc) is 3.43. The first kappa shape index (κ1) is 32.6. The van der Waals surface area contributed by atoms with Gasteiger partial charge in [-0.05, 0) is 48.6 Å². The number of hydrogen-bond acceptors (Lipinski definition) is 8. The number of aromatic hydroxyl groups is 1. The number of para-hydroxylation sites is 1. The molecule has 3 heterocycles. The number of anilines is 1. The number of amides is 6. The van der Waals surface area contributed by atoms with Crippen molar-refractivity contribution in [1.29, 1.82) is 0 Å². The quantitative estimate of drug-likeness (QED) is 0.246. The maximum Gasteiger partial charge on any atom is 0.417 e. The second-order valence-corrected chi connectivity index (χ2v) is 13.2. The number of phenols is 1. The van der Waals surface area contributed by atoms with Crippen LogP contribution in [0.15, 0.2) is 72.4 Å². The van der Waals surface area contributed by atoms with Gasteiger partial charge in [-0.2, -0.15) is 23.1 Å². The lowest BCUT2D eigenvalue weighted by atomic mass is 9.49. The van der Waals surface area contributed by atoms with E-state index in [0.717, 1.165) is 0 Å². The highest BCUT2D eigenvalue weighted by Crippen LogP contribution is 2.65. The summed E-state index contributed by atoms with van der Waals surface area (Å²) in [7, 11) is 0. The zero-order valence-electron chi connectivity index (χ0n) is 24.9. The van der Waals surface area contributed by atoms with Gasteiger partial charge in [-0.1, -0.05) is 65.2 Å². The highest BCUT2D eigenvalue weighted by molar-refractivity contribution is 6.33. The Balaban J connectivity index is 1.44. The minimum absolute atomic E-state index is 0.00545. The Labute approximate surface area is 285 Å². The average molecular weight is 714 g/mol. The number of carbonyl (C=O) groups excluding carboxylic acids is 5. The molecule has 2 aliphatic heterocycles. The van der Waals surface area contributed by atoms with E-state index in [1.807, 2.05) is 0 Å². The Hall–Kier alpha value is -4.95. The van der Waals surface area contributed by atoms with Crippen molar-refractivity contribution in [2.75, 3.05) is 5.43 Å². The van der Waals surface area contributed by atoms with E-state index in [2.05, 4.69) is 10.4 Å². The Bertz CT molecular complexity index is 2010. The van der Waals surface area contributed by atoms with Crippen LogP contribution < -0.4 is 11.2 Å². The van der Waals surface area contributed by atoms with Crippen LogP contribution >= 0.6 is 23.2 Å². The van der Waals surface area contributed by atoms with Crippen LogP contribution in [-0.4, -0.2) is 49.7 Å². The second-order valence-electron chi connectivity index (χ2n) is 12.3. The summed E-state index contributed by atoms with van der Waals surface area (Å²) in [4.78, 5) is 72.7. The van der Waals surface area contributed by atoms with Gasteiger partial charge in [-0.25, -0.2) is 9.78 Å². The molecular weight excluding hydrogens is 690 g/mol. The number of phenolic OH excluding ortho intramolecular Hbond substituents is 1. The molecule has 6 atom stereocenters. The van der Waals surface area contributed by atoms with Crippen molar-refractivity contribution in [2.45, 2.75) is 30.4 Å². The van der Waals surface area contributed by atoms with Gasteiger partial charge in [-0.15, -0.1) is 0 Å². The third-order valence-electron chi connectivity index (χ3n) is 10.0. The molecule has 0 unspecified atom stereocenters. The maximum absolute atomic E-state index is 15.0. The van der Waals surface area contributed by atoms with Crippen LogP contribution in [0.1, 0.15) is 35.4 Å². The maximum atomic E-state index is 15.0. The Morgan fingerprint density at radius 3 is 2.33 bits per heavy atom. The molecule has 252 valence electrons. The van der Waals surface area contributed by atoms with Crippen LogP contribution in [-0.2, 0) is 30.8 Å². The molecule has 0 spiro atoms. The molecule has 0 bridgehead atoms. The minimum Gasteiger partial charge on any atom is -0.508 e. The number of alkyl halides is 3. The van der Waals surface area contributed by atoms with Gasteiger partial charge < -0.3 is 10.8 Å². The predicted molar refractivity (Wildman–Crippen MR) is 166 cm³/mol. The number of carbonyl (C=O) groups is 5. The molecule has 0 radical (unpaired) electrons. The Morgan fingerprint density at radius 2 is 1.69 bits per heavy atom. The van der Waals surface area contributed by atoms with Gasteiger partial charge in [0.1, 0.15) is 5.75 Å². The van der Waals surface area contributed by atoms with E-state index in [1.165, 1.54) is 18.2 Å². The number of likely N-dealkylation sites (tertiary alicyclic amines) is 1. The molecule has 7 rings (SSSR count). The third-order valence-corrected chi connectivity index (χ3v) is 10.6. The molecule has 3 fully saturated rings. The van der Waals surface area contributed by atoms with Crippen molar-refractivity contribution in [1.82, 2.24) is 14.9 Å². The highest BCUT2D eigenvalue weighted by atomic mass is 35.5. The number of benzene rings is 2. The van der Waals surface area contributed by atoms with Gasteiger partial charge in [0.2, 0.25) is 11.8 Å². The number of halogens is 5. The third kappa shape index (κ3) is 4.71. The Kier molecular flexibility index (Phi) is 7.52. The zero-order chi connectivity index (χ0) is 35.2. The van der Waals surface area contributed by atoms with Crippen LogP contribution in [0.2, 0.25) is 10.0 Å². The molecule has 3 aromatic rings. The monoisotopic (exact) mass is 713 g/mol. The van der Waals surface area contributed by atoms with Crippen molar-refractivity contribution in [3.05, 3.63) is 99.2 Å². The SMILES string of the molecule is NC(=O)N1C(=O)[C@H]2[C@H](CC=C3[C@H]2C[C@H]2C(=O)N(Nc4ncc(C(F)(F)F)cc4Cl)C(=O)[C@@]2(c2ccc(Cl)cc2)[C@H]3c2ccccc2O)C1=O. The fraction of sp³-hybridized carbons (Fsp3) is 0.273. The van der Waals surface area contributed by atoms with E-state index in [0.29, 0.717) is 38.3 Å². The summed E-state index contributed by atoms with van der Waals surface area (Å²) in [6, 6.07) is 11.7. The molecular formula is C33H24Cl2F3N5O6. The summed E-state index contributed by atoms with van der Waals surface area (Å²) >= 11 is 12.4. The lowest BCUT2D eigenvalue weighted by Gasteiger charge is -2.50. The molecule has 1 saturated carbocycles. The largest absolute Gasteiger partial charge is 0.508 e. The lowest BCUT2D eigenvalue weighted by molar-refractivity contribution is -0.140. The highest BCUT2D eigenvalue weighted by Gasteiger charge is 2.71. The van der Waals surface area contributed by atoms with E-state index >= 15 is 4.79 Å². The number of nitrogens with zero attached hydrogens (tertiary/aromatic N) is 3. The first-order valence-electron chi connectivity index (χ1n) is 15.0. The van der Waals surface area contributed by atoms with Crippen LogP contribution in [0.4, 0.5) is 23.8 Å². The van der Waals surface area contributed by atoms with Gasteiger partial charge in [0.25, 0.3) is 11.8 Å². The van der Waals surface area contributed by atoms with Gasteiger partial charge >= 0.3 is 12.2 Å². The summed E-state index contributed by atoms with van der Waals surface area (Å²) < 4.78 is 40.0. The molecule has 4 N–H and O–H groups in total. The lowest BCUT2D eigenvalue weighted by Crippen LogP contribution is -2.53. The molecule has 4 aliphatic rings. The molecule has 16 heteroatoms. The summed E-state index contributed by atoms with van der Waals surface area (Å²) in [5.41, 5.74) is 5.98. The summed E-state index contributed by atoms with van der Waals surface area (Å²) in [6.45, 7) is 0. The smallest absolute Gasteiger partial charge is 0.417 e. The number of allylic oxidation sites excluding steroid dienone is 2. The van der Waals surface area contributed by atoms with E-state index < -0.39 is 87.2 Å². The topological polar surface area (TPSA) is 163 Å². The zero-order valence-corrected chi connectivity index (χ0v) is 26.5. The van der Waals surface area contributed by atoms with Gasteiger partial charge in [-0.3, -0.25) is 24.6 Å². The molecule has 2 aromatic carbocycles. The normalized spacial score (nSPS) is 27.9. The Morgan fingerprint density at radius 1 is 1.00 bits per heavy atom. The number of nitrogens with one attached hydrogen (secondary N) is 1. The van der Waals surface area contributed by atoms with Crippen molar-refractivity contribution in [3.63, 3.8) is 0 Å². The first-order valence-corrected chi connectivity index (χ1v) is 15.7. The first-order chi connectivity index (χ1) is 23.2. The van der Waals surface area contributed by atoms with E-state index in [4.69, 9.17) is 28.9 Å². The number of aromatic nitrogens is 1. The van der Waals surface area contributed by atoms with Crippen LogP contribution in [0.5, 0.6) is 5.75 Å². The summed E-state index contributed by atoms with van der Waals surface area (Å²) in [6.07, 6.45) is -2.72.